The average Bonchev–Trinajstić information content (AvgIpc) is 3.48. The molecule has 0 spiro atoms. The number of carbonyl (C=O) groups is 8. The first-order valence-electron chi connectivity index (χ1n) is 15.7. The van der Waals surface area contributed by atoms with Crippen LogP contribution in [0.2, 0.25) is 0 Å². The molecule has 1 aromatic heterocycles. The first-order valence-corrected chi connectivity index (χ1v) is 15.7. The maximum absolute atomic E-state index is 13.4. The van der Waals surface area contributed by atoms with E-state index in [9.17, 15) is 58.1 Å². The van der Waals surface area contributed by atoms with Crippen LogP contribution in [0.5, 0.6) is 0 Å². The van der Waals surface area contributed by atoms with Crippen LogP contribution < -0.4 is 26.6 Å². The molecular weight excluding hydrogens is 686 g/mol. The van der Waals surface area contributed by atoms with Crippen LogP contribution in [-0.2, 0) is 60.8 Å². The summed E-state index contributed by atoms with van der Waals surface area (Å²) >= 11 is 0. The highest BCUT2D eigenvalue weighted by molar-refractivity contribution is 5.97. The van der Waals surface area contributed by atoms with Crippen molar-refractivity contribution in [2.45, 2.75) is 76.7 Å². The molecule has 1 aromatic rings. The number of aromatic nitrogens is 3. The molecule has 0 aromatic carbocycles. The third-order valence-electron chi connectivity index (χ3n) is 6.79. The Morgan fingerprint density at radius 2 is 1.41 bits per heavy atom. The number of nitrogens with one attached hydrogen (secondary N) is 5. The standard InChI is InChI=1S/C29H45FN8O13/c1-16(2)25(29(49)34-19(12-23(42)43)26(46)31-8-9-51-11-10-50-3)35-27(47)18(4-5-22(40)41)33-28(48)20(13-24(44)45)32-21(39)15-38-14-17(6-7-30)36-37-38/h14,16,18-20,25H,4-13,15H2,1-3H3,(H,31,46)(H,32,39)(H,33,48)(H,34,49)(H,35,47)(H,40,41)(H,42,43)(H,44,45)/t18-,19-,20-,25-/m0/s1/i30-1. The van der Waals surface area contributed by atoms with Crippen molar-refractivity contribution >= 4 is 47.4 Å². The van der Waals surface area contributed by atoms with Crippen molar-refractivity contribution < 1.29 is 67.5 Å². The molecular formula is C29H45FN8O13. The maximum atomic E-state index is 13.4. The van der Waals surface area contributed by atoms with Gasteiger partial charge < -0.3 is 51.4 Å². The van der Waals surface area contributed by atoms with Gasteiger partial charge in [0.1, 0.15) is 30.7 Å². The van der Waals surface area contributed by atoms with Crippen LogP contribution >= 0.6 is 0 Å². The molecule has 0 saturated heterocycles. The van der Waals surface area contributed by atoms with E-state index in [1.54, 1.807) is 0 Å². The molecule has 0 radical (unpaired) electrons. The molecule has 1 heterocycles. The Labute approximate surface area is 291 Å². The predicted octanol–water partition coefficient (Wildman–Crippen LogP) is -3.02. The minimum Gasteiger partial charge on any atom is -0.481 e. The van der Waals surface area contributed by atoms with Gasteiger partial charge in [-0.3, -0.25) is 42.7 Å². The third-order valence-corrected chi connectivity index (χ3v) is 6.79. The molecule has 0 aliphatic carbocycles. The van der Waals surface area contributed by atoms with Crippen LogP contribution in [-0.4, -0.2) is 142 Å². The van der Waals surface area contributed by atoms with Crippen molar-refractivity contribution in [2.24, 2.45) is 5.92 Å². The summed E-state index contributed by atoms with van der Waals surface area (Å²) in [5.41, 5.74) is 0.242. The summed E-state index contributed by atoms with van der Waals surface area (Å²) in [5.74, 6) is -9.94. The van der Waals surface area contributed by atoms with Crippen molar-refractivity contribution in [3.8, 4) is 0 Å². The van der Waals surface area contributed by atoms with Crippen molar-refractivity contribution in [2.75, 3.05) is 40.1 Å². The second-order valence-corrected chi connectivity index (χ2v) is 11.3. The zero-order chi connectivity index (χ0) is 38.5. The van der Waals surface area contributed by atoms with E-state index < -0.39 is 116 Å². The minimum absolute atomic E-state index is 0.0188. The van der Waals surface area contributed by atoms with Crippen LogP contribution in [0, 0.1) is 5.92 Å². The summed E-state index contributed by atoms with van der Waals surface area (Å²) < 4.78 is 23.6. The molecule has 4 atom stereocenters. The van der Waals surface area contributed by atoms with Crippen molar-refractivity contribution in [1.82, 2.24) is 41.6 Å². The third kappa shape index (κ3) is 17.8. The lowest BCUT2D eigenvalue weighted by molar-refractivity contribution is -0.142. The van der Waals surface area contributed by atoms with Gasteiger partial charge in [0.25, 0.3) is 0 Å². The molecule has 0 fully saturated rings. The lowest BCUT2D eigenvalue weighted by Crippen LogP contribution is -2.60. The summed E-state index contributed by atoms with van der Waals surface area (Å²) in [5, 5.41) is 46.7. The number of alkyl halides is 1. The van der Waals surface area contributed by atoms with Gasteiger partial charge in [0.2, 0.25) is 29.5 Å². The second kappa shape index (κ2) is 23.2. The number of halogens is 1. The molecule has 0 unspecified atom stereocenters. The first kappa shape index (κ1) is 43.8. The number of aryl methyl sites for hydroxylation is 1. The molecule has 0 bridgehead atoms. The van der Waals surface area contributed by atoms with Gasteiger partial charge in [0.05, 0.1) is 45.0 Å². The number of aliphatic carboxylic acids is 3. The Morgan fingerprint density at radius 3 is 1.98 bits per heavy atom. The lowest BCUT2D eigenvalue weighted by Gasteiger charge is -2.27. The van der Waals surface area contributed by atoms with Gasteiger partial charge in [-0.2, -0.15) is 0 Å². The van der Waals surface area contributed by atoms with E-state index >= 15 is 0 Å². The number of carboxylic acid groups (broad SMARTS) is 3. The zero-order valence-corrected chi connectivity index (χ0v) is 28.4. The number of carbonyl (C=O) groups excluding carboxylic acids is 5. The molecule has 22 heteroatoms. The molecule has 21 nitrogen and oxygen atoms in total. The minimum atomic E-state index is -1.76. The lowest BCUT2D eigenvalue weighted by atomic mass is 10.0. The summed E-state index contributed by atoms with van der Waals surface area (Å²) in [6.45, 7) is 2.37. The van der Waals surface area contributed by atoms with E-state index in [1.165, 1.54) is 27.2 Å². The van der Waals surface area contributed by atoms with Crippen molar-refractivity contribution in [1.29, 1.82) is 0 Å². The van der Waals surface area contributed by atoms with Crippen molar-refractivity contribution in [3.63, 3.8) is 0 Å². The highest BCUT2D eigenvalue weighted by Crippen LogP contribution is 2.08. The van der Waals surface area contributed by atoms with E-state index in [0.717, 1.165) is 4.68 Å². The number of nitrogens with zero attached hydrogens (tertiary/aromatic N) is 3. The van der Waals surface area contributed by atoms with E-state index in [4.69, 9.17) is 9.47 Å². The number of rotatable bonds is 26. The van der Waals surface area contributed by atoms with Gasteiger partial charge in [0, 0.05) is 32.7 Å². The predicted molar refractivity (Wildman–Crippen MR) is 169 cm³/mol. The topological polar surface area (TPSA) is 307 Å². The van der Waals surface area contributed by atoms with E-state index in [2.05, 4.69) is 36.9 Å². The molecule has 1 rings (SSSR count). The van der Waals surface area contributed by atoms with Crippen LogP contribution in [0.1, 0.15) is 45.2 Å². The fourth-order valence-corrected chi connectivity index (χ4v) is 4.26. The molecule has 0 saturated carbocycles. The summed E-state index contributed by atoms with van der Waals surface area (Å²) in [4.78, 5) is 99.4. The Balaban J connectivity index is 3.08. The van der Waals surface area contributed by atoms with Gasteiger partial charge >= 0.3 is 17.9 Å². The SMILES string of the molecule is COCCOCCNC(=O)[C@H](CC(=O)O)NC(=O)[C@@H](NC(=O)[C@H](CCC(=O)O)NC(=O)[C@H](CC(=O)O)NC(=O)Cn1cc(CC[18F])nn1)C(C)C. The van der Waals surface area contributed by atoms with E-state index in [1.807, 2.05) is 0 Å². The highest BCUT2D eigenvalue weighted by Gasteiger charge is 2.34. The summed E-state index contributed by atoms with van der Waals surface area (Å²) in [7, 11) is 1.47. The number of hydrogen-bond acceptors (Lipinski definition) is 12. The van der Waals surface area contributed by atoms with E-state index in [0.29, 0.717) is 6.61 Å². The maximum Gasteiger partial charge on any atom is 0.305 e. The normalized spacial score (nSPS) is 13.3. The van der Waals surface area contributed by atoms with Gasteiger partial charge in [-0.1, -0.05) is 19.1 Å². The Bertz CT molecular complexity index is 1360. The Hall–Kier alpha value is -5.25. The van der Waals surface area contributed by atoms with Gasteiger partial charge in [0.15, 0.2) is 0 Å². The fraction of sp³-hybridized carbons (Fsp3) is 0.655. The van der Waals surface area contributed by atoms with E-state index in [-0.39, 0.29) is 31.9 Å². The monoisotopic (exact) mass is 731 g/mol. The Morgan fingerprint density at radius 1 is 0.804 bits per heavy atom. The second-order valence-electron chi connectivity index (χ2n) is 11.3. The summed E-state index contributed by atoms with van der Waals surface area (Å²) in [6, 6.07) is -6.41. The molecule has 5 amide bonds. The average molecular weight is 732 g/mol. The molecule has 0 aliphatic rings. The number of carboxylic acids is 3. The summed E-state index contributed by atoms with van der Waals surface area (Å²) in [6.07, 6.45) is -1.73. The van der Waals surface area contributed by atoms with Gasteiger partial charge in [-0.25, -0.2) is 4.68 Å². The number of methoxy groups -OCH3 is 1. The van der Waals surface area contributed by atoms with Gasteiger partial charge in [-0.15, -0.1) is 5.10 Å². The first-order chi connectivity index (χ1) is 24.1. The highest BCUT2D eigenvalue weighted by atomic mass is 18.2. The van der Waals surface area contributed by atoms with Crippen LogP contribution in [0.4, 0.5) is 4.39 Å². The van der Waals surface area contributed by atoms with Crippen LogP contribution in [0.15, 0.2) is 6.20 Å². The van der Waals surface area contributed by atoms with Gasteiger partial charge in [-0.05, 0) is 12.3 Å². The fourth-order valence-electron chi connectivity index (χ4n) is 4.26. The number of ether oxygens (including phenoxy) is 2. The molecule has 8 N–H and O–H groups in total. The van der Waals surface area contributed by atoms with Crippen molar-refractivity contribution in [3.05, 3.63) is 11.9 Å². The largest absolute Gasteiger partial charge is 0.481 e. The Kier molecular flexibility index (Phi) is 19.9. The molecule has 0 aliphatic heterocycles. The number of amides is 5. The van der Waals surface area contributed by atoms with Crippen LogP contribution in [0.3, 0.4) is 0 Å². The molecule has 51 heavy (non-hydrogen) atoms. The zero-order valence-electron chi connectivity index (χ0n) is 28.4. The molecule has 286 valence electrons. The smallest absolute Gasteiger partial charge is 0.305 e. The van der Waals surface area contributed by atoms with Crippen LogP contribution in [0.25, 0.3) is 0 Å². The quantitative estimate of drug-likeness (QED) is 0.0440. The number of hydrogen-bond donors (Lipinski definition) is 8.